The molecular formula is C21H17FN2. The molecule has 4 rings (SSSR count). The van der Waals surface area contributed by atoms with Gasteiger partial charge in [0.05, 0.1) is 0 Å². The van der Waals surface area contributed by atoms with E-state index in [2.05, 4.69) is 54.1 Å². The molecule has 0 saturated carbocycles. The summed E-state index contributed by atoms with van der Waals surface area (Å²) in [4.78, 5) is 7.87. The van der Waals surface area contributed by atoms with Crippen LogP contribution in [0.2, 0.25) is 0 Å². The highest BCUT2D eigenvalue weighted by Gasteiger charge is 2.12. The van der Waals surface area contributed by atoms with Crippen molar-refractivity contribution >= 4 is 11.0 Å². The Hall–Kier alpha value is -2.94. The largest absolute Gasteiger partial charge is 0.339 e. The van der Waals surface area contributed by atoms with Gasteiger partial charge in [0.2, 0.25) is 0 Å². The molecule has 1 N–H and O–H groups in total. The molecule has 0 spiro atoms. The SMILES string of the molecule is Cc1cccc(-c2c(C)cnc3[nH]c(-c4ccc(F)cc4)cc23)c1. The van der Waals surface area contributed by atoms with Crippen LogP contribution in [0.15, 0.2) is 60.8 Å². The lowest BCUT2D eigenvalue weighted by Crippen LogP contribution is -1.88. The number of aromatic amines is 1. The minimum absolute atomic E-state index is 0.232. The quantitative estimate of drug-likeness (QED) is 0.508. The first kappa shape index (κ1) is 14.6. The maximum absolute atomic E-state index is 13.2. The Morgan fingerprint density at radius 2 is 1.71 bits per heavy atom. The number of benzene rings is 2. The van der Waals surface area contributed by atoms with Crippen molar-refractivity contribution in [2.24, 2.45) is 0 Å². The Morgan fingerprint density at radius 1 is 0.917 bits per heavy atom. The molecule has 0 aliphatic rings. The van der Waals surface area contributed by atoms with Crippen LogP contribution < -0.4 is 0 Å². The van der Waals surface area contributed by atoms with Crippen LogP contribution in [0.25, 0.3) is 33.4 Å². The maximum atomic E-state index is 13.2. The Balaban J connectivity index is 1.94. The van der Waals surface area contributed by atoms with E-state index in [-0.39, 0.29) is 5.82 Å². The first-order chi connectivity index (χ1) is 11.6. The summed E-state index contributed by atoms with van der Waals surface area (Å²) in [5, 5.41) is 1.08. The molecule has 0 amide bonds. The van der Waals surface area contributed by atoms with Crippen LogP contribution in [0.4, 0.5) is 4.39 Å². The Kier molecular flexibility index (Phi) is 3.42. The fourth-order valence-electron chi connectivity index (χ4n) is 3.14. The first-order valence-corrected chi connectivity index (χ1v) is 7.93. The summed E-state index contributed by atoms with van der Waals surface area (Å²) in [6, 6.07) is 17.1. The smallest absolute Gasteiger partial charge is 0.138 e. The Labute approximate surface area is 140 Å². The van der Waals surface area contributed by atoms with E-state index in [9.17, 15) is 4.39 Å². The number of aryl methyl sites for hydroxylation is 2. The van der Waals surface area contributed by atoms with Crippen LogP contribution in [0.5, 0.6) is 0 Å². The maximum Gasteiger partial charge on any atom is 0.138 e. The Bertz CT molecular complexity index is 1030. The van der Waals surface area contributed by atoms with Gasteiger partial charge in [-0.05, 0) is 66.4 Å². The molecule has 2 nitrogen and oxygen atoms in total. The van der Waals surface area contributed by atoms with E-state index in [1.54, 1.807) is 12.1 Å². The van der Waals surface area contributed by atoms with Crippen LogP contribution in [-0.4, -0.2) is 9.97 Å². The van der Waals surface area contributed by atoms with Crippen molar-refractivity contribution in [1.82, 2.24) is 9.97 Å². The van der Waals surface area contributed by atoms with Crippen LogP contribution in [-0.2, 0) is 0 Å². The lowest BCUT2D eigenvalue weighted by molar-refractivity contribution is 0.628. The summed E-state index contributed by atoms with van der Waals surface area (Å²) < 4.78 is 13.2. The van der Waals surface area contributed by atoms with Gasteiger partial charge in [-0.3, -0.25) is 0 Å². The highest BCUT2D eigenvalue weighted by Crippen LogP contribution is 2.34. The summed E-state index contributed by atoms with van der Waals surface area (Å²) in [6.45, 7) is 4.17. The topological polar surface area (TPSA) is 28.7 Å². The molecular weight excluding hydrogens is 299 g/mol. The third-order valence-electron chi connectivity index (χ3n) is 4.31. The number of nitrogens with zero attached hydrogens (tertiary/aromatic N) is 1. The number of hydrogen-bond acceptors (Lipinski definition) is 1. The first-order valence-electron chi connectivity index (χ1n) is 7.93. The molecule has 0 bridgehead atoms. The van der Waals surface area contributed by atoms with Gasteiger partial charge in [-0.1, -0.05) is 29.8 Å². The summed E-state index contributed by atoms with van der Waals surface area (Å²) in [5.41, 5.74) is 7.47. The summed E-state index contributed by atoms with van der Waals surface area (Å²) >= 11 is 0. The zero-order chi connectivity index (χ0) is 16.7. The number of rotatable bonds is 2. The number of H-pyrrole nitrogens is 1. The second-order valence-electron chi connectivity index (χ2n) is 6.14. The van der Waals surface area contributed by atoms with Crippen LogP contribution in [0.3, 0.4) is 0 Å². The molecule has 118 valence electrons. The minimum atomic E-state index is -0.232. The predicted molar refractivity (Wildman–Crippen MR) is 96.4 cm³/mol. The molecule has 24 heavy (non-hydrogen) atoms. The van der Waals surface area contributed by atoms with Gasteiger partial charge in [0.15, 0.2) is 0 Å². The molecule has 4 aromatic rings. The van der Waals surface area contributed by atoms with Gasteiger partial charge >= 0.3 is 0 Å². The average molecular weight is 316 g/mol. The van der Waals surface area contributed by atoms with Gasteiger partial charge in [0.1, 0.15) is 11.5 Å². The predicted octanol–water partition coefficient (Wildman–Crippen LogP) is 5.65. The highest BCUT2D eigenvalue weighted by molar-refractivity contribution is 5.97. The average Bonchev–Trinajstić information content (AvgIpc) is 2.99. The zero-order valence-electron chi connectivity index (χ0n) is 13.6. The second kappa shape index (κ2) is 5.60. The third kappa shape index (κ3) is 2.48. The standard InChI is InChI=1S/C21H17FN2/c1-13-4-3-5-16(10-13)20-14(2)12-23-21-18(20)11-19(24-21)15-6-8-17(22)9-7-15/h3-12H,1-2H3,(H,23,24). The van der Waals surface area contributed by atoms with Crippen molar-refractivity contribution in [2.45, 2.75) is 13.8 Å². The molecule has 0 atom stereocenters. The fraction of sp³-hybridized carbons (Fsp3) is 0.0952. The monoisotopic (exact) mass is 316 g/mol. The van der Waals surface area contributed by atoms with Crippen molar-refractivity contribution in [1.29, 1.82) is 0 Å². The van der Waals surface area contributed by atoms with E-state index < -0.39 is 0 Å². The van der Waals surface area contributed by atoms with Crippen LogP contribution in [0.1, 0.15) is 11.1 Å². The van der Waals surface area contributed by atoms with Gasteiger partial charge in [0, 0.05) is 17.3 Å². The minimum Gasteiger partial charge on any atom is -0.339 e. The second-order valence-corrected chi connectivity index (χ2v) is 6.14. The van der Waals surface area contributed by atoms with Gasteiger partial charge < -0.3 is 4.98 Å². The van der Waals surface area contributed by atoms with Crippen LogP contribution in [0, 0.1) is 19.7 Å². The van der Waals surface area contributed by atoms with E-state index in [4.69, 9.17) is 0 Å². The van der Waals surface area contributed by atoms with E-state index in [0.717, 1.165) is 27.9 Å². The summed E-state index contributed by atoms with van der Waals surface area (Å²) in [7, 11) is 0. The number of aromatic nitrogens is 2. The van der Waals surface area contributed by atoms with Crippen molar-refractivity contribution in [2.75, 3.05) is 0 Å². The van der Waals surface area contributed by atoms with E-state index in [1.807, 2.05) is 6.20 Å². The number of halogens is 1. The lowest BCUT2D eigenvalue weighted by Gasteiger charge is -2.08. The Morgan fingerprint density at radius 3 is 2.46 bits per heavy atom. The summed E-state index contributed by atoms with van der Waals surface area (Å²) in [6.07, 6.45) is 1.89. The zero-order valence-corrected chi connectivity index (χ0v) is 13.6. The molecule has 2 aromatic heterocycles. The van der Waals surface area contributed by atoms with Crippen molar-refractivity contribution < 1.29 is 4.39 Å². The van der Waals surface area contributed by atoms with E-state index >= 15 is 0 Å². The molecule has 0 saturated heterocycles. The third-order valence-corrected chi connectivity index (χ3v) is 4.31. The van der Waals surface area contributed by atoms with Gasteiger partial charge in [-0.2, -0.15) is 0 Å². The molecule has 2 heterocycles. The normalized spacial score (nSPS) is 11.1. The van der Waals surface area contributed by atoms with Crippen molar-refractivity contribution in [3.63, 3.8) is 0 Å². The molecule has 0 fully saturated rings. The van der Waals surface area contributed by atoms with Gasteiger partial charge in [-0.25, -0.2) is 9.37 Å². The van der Waals surface area contributed by atoms with Crippen molar-refractivity contribution in [3.05, 3.63) is 77.7 Å². The molecule has 0 aliphatic heterocycles. The molecule has 0 radical (unpaired) electrons. The number of nitrogens with one attached hydrogen (secondary N) is 1. The van der Waals surface area contributed by atoms with E-state index in [0.29, 0.717) is 0 Å². The van der Waals surface area contributed by atoms with E-state index in [1.165, 1.54) is 28.8 Å². The highest BCUT2D eigenvalue weighted by atomic mass is 19.1. The molecule has 0 unspecified atom stereocenters. The molecule has 0 aliphatic carbocycles. The number of fused-ring (bicyclic) bond motifs is 1. The fourth-order valence-corrected chi connectivity index (χ4v) is 3.14. The van der Waals surface area contributed by atoms with Gasteiger partial charge in [-0.15, -0.1) is 0 Å². The number of hydrogen-bond donors (Lipinski definition) is 1. The summed E-state index contributed by atoms with van der Waals surface area (Å²) in [5.74, 6) is -0.232. The molecule has 3 heteroatoms. The van der Waals surface area contributed by atoms with Gasteiger partial charge in [0.25, 0.3) is 0 Å². The number of pyridine rings is 1. The lowest BCUT2D eigenvalue weighted by atomic mass is 9.97. The van der Waals surface area contributed by atoms with Crippen LogP contribution >= 0.6 is 0 Å². The van der Waals surface area contributed by atoms with Crippen molar-refractivity contribution in [3.8, 4) is 22.4 Å². The molecule has 2 aromatic carbocycles.